The smallest absolute Gasteiger partial charge is 0.0129 e. The maximum atomic E-state index is 6.47. The van der Waals surface area contributed by atoms with Gasteiger partial charge in [0.15, 0.2) is 0 Å². The Hall–Kier alpha value is -0.340. The van der Waals surface area contributed by atoms with Gasteiger partial charge >= 0.3 is 0 Å². The van der Waals surface area contributed by atoms with E-state index >= 15 is 0 Å². The molecule has 0 aromatic heterocycles. The Balaban J connectivity index is 0.00000676. The maximum Gasteiger partial charge on any atom is 0.0129 e. The lowest BCUT2D eigenvalue weighted by Gasteiger charge is -2.31. The van der Waals surface area contributed by atoms with Crippen LogP contribution in [0.25, 0.3) is 0 Å². The highest BCUT2D eigenvalue weighted by atomic mass is 79.9. The number of nitrogens with two attached hydrogens (primary N) is 1. The van der Waals surface area contributed by atoms with Crippen LogP contribution in [0, 0.1) is 5.92 Å². The minimum absolute atomic E-state index is 0. The van der Waals surface area contributed by atoms with Gasteiger partial charge in [-0.25, -0.2) is 0 Å². The van der Waals surface area contributed by atoms with E-state index in [0.717, 1.165) is 6.42 Å². The number of hydrogen-bond acceptors (Lipinski definition) is 1. The van der Waals surface area contributed by atoms with Crippen molar-refractivity contribution in [2.45, 2.75) is 116 Å². The first-order valence-corrected chi connectivity index (χ1v) is 11.4. The van der Waals surface area contributed by atoms with E-state index in [0.29, 0.717) is 5.92 Å². The number of benzene rings is 1. The van der Waals surface area contributed by atoms with Gasteiger partial charge in [-0.05, 0) is 38.2 Å². The molecular formula is C25H46BrN. The minimum Gasteiger partial charge on any atom is -0.325 e. The Morgan fingerprint density at radius 2 is 1.19 bits per heavy atom. The fraction of sp³-hybridized carbons (Fsp3) is 0.760. The number of halogens is 1. The number of unbranched alkanes of at least 4 members (excludes halogenated alkanes) is 11. The summed E-state index contributed by atoms with van der Waals surface area (Å²) in [4.78, 5) is 0. The van der Waals surface area contributed by atoms with E-state index in [1.165, 1.54) is 89.0 Å². The third kappa shape index (κ3) is 14.3. The first-order valence-electron chi connectivity index (χ1n) is 11.4. The average Bonchev–Trinajstić information content (AvgIpc) is 2.61. The molecule has 0 spiro atoms. The third-order valence-corrected chi connectivity index (χ3v) is 5.78. The zero-order valence-electron chi connectivity index (χ0n) is 18.3. The Morgan fingerprint density at radius 3 is 1.63 bits per heavy atom. The van der Waals surface area contributed by atoms with Crippen molar-refractivity contribution in [3.05, 3.63) is 35.9 Å². The largest absolute Gasteiger partial charge is 0.325 e. The highest BCUT2D eigenvalue weighted by molar-refractivity contribution is 8.93. The lowest BCUT2D eigenvalue weighted by atomic mass is 9.80. The molecule has 0 radical (unpaired) electrons. The second-order valence-corrected chi connectivity index (χ2v) is 8.89. The molecule has 1 nitrogen and oxygen atoms in total. The van der Waals surface area contributed by atoms with Gasteiger partial charge in [0.05, 0.1) is 0 Å². The Bertz CT molecular complexity index is 424. The summed E-state index contributed by atoms with van der Waals surface area (Å²) in [6.07, 6.45) is 19.3. The zero-order valence-corrected chi connectivity index (χ0v) is 20.1. The molecule has 0 amide bonds. The lowest BCUT2D eigenvalue weighted by molar-refractivity contribution is 0.290. The topological polar surface area (TPSA) is 26.0 Å². The van der Waals surface area contributed by atoms with Crippen LogP contribution < -0.4 is 5.73 Å². The number of hydrogen-bond donors (Lipinski definition) is 1. The quantitative estimate of drug-likeness (QED) is 0.257. The second kappa shape index (κ2) is 16.6. The Kier molecular flexibility index (Phi) is 16.4. The van der Waals surface area contributed by atoms with Gasteiger partial charge in [-0.2, -0.15) is 0 Å². The van der Waals surface area contributed by atoms with Crippen molar-refractivity contribution < 1.29 is 0 Å². The molecule has 0 bridgehead atoms. The van der Waals surface area contributed by atoms with Crippen LogP contribution in [-0.4, -0.2) is 5.54 Å². The third-order valence-electron chi connectivity index (χ3n) is 5.78. The van der Waals surface area contributed by atoms with Crippen LogP contribution in [0.5, 0.6) is 0 Å². The van der Waals surface area contributed by atoms with Crippen molar-refractivity contribution in [1.82, 2.24) is 0 Å². The van der Waals surface area contributed by atoms with E-state index in [2.05, 4.69) is 51.1 Å². The molecule has 0 aliphatic rings. The van der Waals surface area contributed by atoms with E-state index < -0.39 is 0 Å². The van der Waals surface area contributed by atoms with Gasteiger partial charge in [-0.15, -0.1) is 17.0 Å². The predicted octanol–water partition coefficient (Wildman–Crippen LogP) is 8.25. The lowest BCUT2D eigenvalue weighted by Crippen LogP contribution is -2.42. The molecule has 0 aliphatic carbocycles. The molecule has 27 heavy (non-hydrogen) atoms. The van der Waals surface area contributed by atoms with E-state index in [-0.39, 0.29) is 22.5 Å². The molecule has 1 aromatic carbocycles. The number of rotatable bonds is 16. The highest BCUT2D eigenvalue weighted by Gasteiger charge is 2.24. The maximum absolute atomic E-state index is 6.47. The standard InChI is InChI=1S/C25H45N.BrH/c1-4-5-6-7-8-9-10-11-12-13-14-18-21-24(25(2,3)26)22-23-19-16-15-17-20-23;/h15-17,19-20,24H,4-14,18,21-22,26H2,1-3H3;1H. The average molecular weight is 441 g/mol. The molecule has 0 saturated carbocycles. The van der Waals surface area contributed by atoms with Gasteiger partial charge < -0.3 is 5.73 Å². The van der Waals surface area contributed by atoms with Crippen molar-refractivity contribution in [3.8, 4) is 0 Å². The summed E-state index contributed by atoms with van der Waals surface area (Å²) in [7, 11) is 0. The zero-order chi connectivity index (χ0) is 19.1. The molecule has 2 N–H and O–H groups in total. The Morgan fingerprint density at radius 1 is 0.741 bits per heavy atom. The molecule has 0 aliphatic heterocycles. The van der Waals surface area contributed by atoms with Gasteiger partial charge in [0.2, 0.25) is 0 Å². The molecule has 0 fully saturated rings. The molecule has 158 valence electrons. The summed E-state index contributed by atoms with van der Waals surface area (Å²) in [5, 5.41) is 0. The van der Waals surface area contributed by atoms with Crippen molar-refractivity contribution in [3.63, 3.8) is 0 Å². The van der Waals surface area contributed by atoms with Gasteiger partial charge in [0, 0.05) is 5.54 Å². The molecule has 1 unspecified atom stereocenters. The van der Waals surface area contributed by atoms with E-state index in [4.69, 9.17) is 5.73 Å². The normalized spacial score (nSPS) is 12.6. The molecule has 0 saturated heterocycles. The summed E-state index contributed by atoms with van der Waals surface area (Å²) >= 11 is 0. The molecule has 2 heteroatoms. The molecule has 0 heterocycles. The summed E-state index contributed by atoms with van der Waals surface area (Å²) in [6, 6.07) is 10.8. The summed E-state index contributed by atoms with van der Waals surface area (Å²) in [5.74, 6) is 0.577. The first-order chi connectivity index (χ1) is 12.5. The second-order valence-electron chi connectivity index (χ2n) is 8.89. The van der Waals surface area contributed by atoms with Gasteiger partial charge in [0.25, 0.3) is 0 Å². The van der Waals surface area contributed by atoms with Crippen LogP contribution in [0.1, 0.15) is 110 Å². The minimum atomic E-state index is -0.0897. The van der Waals surface area contributed by atoms with Crippen LogP contribution in [0.2, 0.25) is 0 Å². The van der Waals surface area contributed by atoms with Gasteiger partial charge in [0.1, 0.15) is 0 Å². The van der Waals surface area contributed by atoms with E-state index in [1.807, 2.05) is 0 Å². The summed E-state index contributed by atoms with van der Waals surface area (Å²) < 4.78 is 0. The van der Waals surface area contributed by atoms with Crippen LogP contribution in [0.4, 0.5) is 0 Å². The fourth-order valence-corrected chi connectivity index (χ4v) is 3.87. The van der Waals surface area contributed by atoms with Crippen molar-refractivity contribution in [2.24, 2.45) is 11.7 Å². The Labute approximate surface area is 180 Å². The van der Waals surface area contributed by atoms with Crippen molar-refractivity contribution in [1.29, 1.82) is 0 Å². The monoisotopic (exact) mass is 439 g/mol. The molecular weight excluding hydrogens is 394 g/mol. The van der Waals surface area contributed by atoms with Crippen LogP contribution >= 0.6 is 17.0 Å². The van der Waals surface area contributed by atoms with Crippen molar-refractivity contribution >= 4 is 17.0 Å². The van der Waals surface area contributed by atoms with Gasteiger partial charge in [-0.3, -0.25) is 0 Å². The molecule has 1 rings (SSSR count). The van der Waals surface area contributed by atoms with E-state index in [1.54, 1.807) is 0 Å². The predicted molar refractivity (Wildman–Crippen MR) is 128 cm³/mol. The van der Waals surface area contributed by atoms with Crippen LogP contribution in [0.15, 0.2) is 30.3 Å². The van der Waals surface area contributed by atoms with Crippen molar-refractivity contribution in [2.75, 3.05) is 0 Å². The first kappa shape index (κ1) is 26.7. The summed E-state index contributed by atoms with van der Waals surface area (Å²) in [5.41, 5.74) is 7.80. The molecule has 1 aromatic rings. The summed E-state index contributed by atoms with van der Waals surface area (Å²) in [6.45, 7) is 6.68. The van der Waals surface area contributed by atoms with Gasteiger partial charge in [-0.1, -0.05) is 114 Å². The van der Waals surface area contributed by atoms with Crippen LogP contribution in [-0.2, 0) is 6.42 Å². The SMILES string of the molecule is Br.CCCCCCCCCCCCCCC(Cc1ccccc1)C(C)(C)N. The van der Waals surface area contributed by atoms with E-state index in [9.17, 15) is 0 Å². The molecule has 1 atom stereocenters. The van der Waals surface area contributed by atoms with Crippen LogP contribution in [0.3, 0.4) is 0 Å². The highest BCUT2D eigenvalue weighted by Crippen LogP contribution is 2.25. The fourth-order valence-electron chi connectivity index (χ4n) is 3.87.